The van der Waals surface area contributed by atoms with Gasteiger partial charge in [0.2, 0.25) is 0 Å². The van der Waals surface area contributed by atoms with Crippen molar-refractivity contribution in [3.05, 3.63) is 23.8 Å². The normalized spacial score (nSPS) is 17.6. The molecule has 1 aromatic carbocycles. The van der Waals surface area contributed by atoms with E-state index in [1.54, 1.807) is 18.2 Å². The van der Waals surface area contributed by atoms with Crippen LogP contribution in [0.25, 0.3) is 0 Å². The fraction of sp³-hybridized carbons (Fsp3) is 0.500. The van der Waals surface area contributed by atoms with Crippen LogP contribution in [-0.4, -0.2) is 54.9 Å². The zero-order chi connectivity index (χ0) is 14.5. The van der Waals surface area contributed by atoms with Gasteiger partial charge in [-0.3, -0.25) is 4.90 Å². The molecular weight excluding hydrogens is 258 g/mol. The first kappa shape index (κ1) is 14.6. The molecule has 6 nitrogen and oxygen atoms in total. The SMILES string of the molecule is CC(CN1CCOCC1)Nc1ccc(N)c(C(=O)O)c1. The molecule has 1 atom stereocenters. The number of anilines is 2. The lowest BCUT2D eigenvalue weighted by Crippen LogP contribution is -2.42. The molecule has 0 saturated carbocycles. The first-order valence-corrected chi connectivity index (χ1v) is 6.75. The number of benzene rings is 1. The van der Waals surface area contributed by atoms with Crippen LogP contribution in [0.4, 0.5) is 11.4 Å². The Hall–Kier alpha value is -1.79. The Balaban J connectivity index is 1.95. The van der Waals surface area contributed by atoms with Gasteiger partial charge in [-0.05, 0) is 25.1 Å². The molecule has 2 rings (SSSR count). The smallest absolute Gasteiger partial charge is 0.337 e. The van der Waals surface area contributed by atoms with Crippen LogP contribution in [0.1, 0.15) is 17.3 Å². The molecule has 1 fully saturated rings. The molecule has 0 spiro atoms. The van der Waals surface area contributed by atoms with Gasteiger partial charge in [-0.2, -0.15) is 0 Å². The Labute approximate surface area is 118 Å². The van der Waals surface area contributed by atoms with Gasteiger partial charge in [0, 0.05) is 37.1 Å². The molecule has 1 aliphatic heterocycles. The summed E-state index contributed by atoms with van der Waals surface area (Å²) in [5.41, 5.74) is 6.83. The van der Waals surface area contributed by atoms with Gasteiger partial charge in [0.15, 0.2) is 0 Å². The summed E-state index contributed by atoms with van der Waals surface area (Å²) in [6.07, 6.45) is 0. The number of ether oxygens (including phenoxy) is 1. The average molecular weight is 279 g/mol. The van der Waals surface area contributed by atoms with Gasteiger partial charge in [0.1, 0.15) is 0 Å². The molecule has 0 radical (unpaired) electrons. The Morgan fingerprint density at radius 1 is 1.50 bits per heavy atom. The van der Waals surface area contributed by atoms with Crippen LogP contribution in [-0.2, 0) is 4.74 Å². The molecule has 1 aliphatic rings. The van der Waals surface area contributed by atoms with E-state index in [0.29, 0.717) is 0 Å². The summed E-state index contributed by atoms with van der Waals surface area (Å²) in [4.78, 5) is 13.4. The molecular formula is C14H21N3O3. The summed E-state index contributed by atoms with van der Waals surface area (Å²) >= 11 is 0. The minimum absolute atomic E-state index is 0.133. The highest BCUT2D eigenvalue weighted by molar-refractivity contribution is 5.94. The molecule has 0 aromatic heterocycles. The van der Waals surface area contributed by atoms with E-state index in [1.807, 2.05) is 0 Å². The molecule has 1 saturated heterocycles. The fourth-order valence-corrected chi connectivity index (χ4v) is 2.33. The van der Waals surface area contributed by atoms with Crippen molar-refractivity contribution in [2.45, 2.75) is 13.0 Å². The molecule has 1 heterocycles. The predicted octanol–water partition coefficient (Wildman–Crippen LogP) is 1.10. The van der Waals surface area contributed by atoms with Crippen molar-refractivity contribution in [2.75, 3.05) is 43.9 Å². The molecule has 4 N–H and O–H groups in total. The third-order valence-corrected chi connectivity index (χ3v) is 3.33. The number of aromatic carboxylic acids is 1. The Kier molecular flexibility index (Phi) is 4.81. The van der Waals surface area contributed by atoms with Gasteiger partial charge in [-0.25, -0.2) is 4.79 Å². The van der Waals surface area contributed by atoms with Crippen molar-refractivity contribution >= 4 is 17.3 Å². The number of hydrogen-bond acceptors (Lipinski definition) is 5. The Morgan fingerprint density at radius 3 is 2.85 bits per heavy atom. The highest BCUT2D eigenvalue weighted by Crippen LogP contribution is 2.18. The monoisotopic (exact) mass is 279 g/mol. The number of nitrogens with one attached hydrogen (secondary N) is 1. The molecule has 0 aliphatic carbocycles. The number of hydrogen-bond donors (Lipinski definition) is 3. The minimum Gasteiger partial charge on any atom is -0.478 e. The second-order valence-corrected chi connectivity index (χ2v) is 5.07. The van der Waals surface area contributed by atoms with Crippen LogP contribution >= 0.6 is 0 Å². The lowest BCUT2D eigenvalue weighted by molar-refractivity contribution is 0.0368. The van der Waals surface area contributed by atoms with E-state index >= 15 is 0 Å². The van der Waals surface area contributed by atoms with E-state index in [1.165, 1.54) is 0 Å². The maximum absolute atomic E-state index is 11.0. The molecule has 20 heavy (non-hydrogen) atoms. The van der Waals surface area contributed by atoms with E-state index in [2.05, 4.69) is 17.1 Å². The van der Waals surface area contributed by atoms with E-state index in [0.717, 1.165) is 38.5 Å². The Morgan fingerprint density at radius 2 is 2.20 bits per heavy atom. The summed E-state index contributed by atoms with van der Waals surface area (Å²) in [5.74, 6) is -1.01. The standard InChI is InChI=1S/C14H21N3O3/c1-10(9-17-4-6-20-7-5-17)16-11-2-3-13(15)12(8-11)14(18)19/h2-3,8,10,16H,4-7,9,15H2,1H3,(H,18,19). The summed E-state index contributed by atoms with van der Waals surface area (Å²) in [5, 5.41) is 12.4. The van der Waals surface area contributed by atoms with Crippen LogP contribution < -0.4 is 11.1 Å². The van der Waals surface area contributed by atoms with Gasteiger partial charge < -0.3 is 20.9 Å². The summed E-state index contributed by atoms with van der Waals surface area (Å²) < 4.78 is 5.31. The third-order valence-electron chi connectivity index (χ3n) is 3.33. The molecule has 1 unspecified atom stereocenters. The van der Waals surface area contributed by atoms with Crippen LogP contribution in [0.15, 0.2) is 18.2 Å². The summed E-state index contributed by atoms with van der Waals surface area (Å²) in [7, 11) is 0. The van der Waals surface area contributed by atoms with Crippen molar-refractivity contribution in [1.82, 2.24) is 4.90 Å². The molecule has 0 bridgehead atoms. The first-order valence-electron chi connectivity index (χ1n) is 6.75. The quantitative estimate of drug-likeness (QED) is 0.700. The van der Waals surface area contributed by atoms with E-state index in [4.69, 9.17) is 15.6 Å². The zero-order valence-electron chi connectivity index (χ0n) is 11.6. The number of nitrogens with zero attached hydrogens (tertiary/aromatic N) is 1. The number of nitrogens with two attached hydrogens (primary N) is 1. The van der Waals surface area contributed by atoms with Crippen LogP contribution in [0.3, 0.4) is 0 Å². The second-order valence-electron chi connectivity index (χ2n) is 5.07. The number of carboxylic acid groups (broad SMARTS) is 1. The fourth-order valence-electron chi connectivity index (χ4n) is 2.33. The molecule has 6 heteroatoms. The van der Waals surface area contributed by atoms with Crippen molar-refractivity contribution < 1.29 is 14.6 Å². The first-order chi connectivity index (χ1) is 9.56. The van der Waals surface area contributed by atoms with Crippen molar-refractivity contribution in [3.63, 3.8) is 0 Å². The van der Waals surface area contributed by atoms with Crippen molar-refractivity contribution in [3.8, 4) is 0 Å². The predicted molar refractivity (Wildman–Crippen MR) is 78.2 cm³/mol. The van der Waals surface area contributed by atoms with Crippen LogP contribution in [0.5, 0.6) is 0 Å². The number of nitrogen functional groups attached to an aromatic ring is 1. The third kappa shape index (κ3) is 3.85. The minimum atomic E-state index is -1.01. The maximum Gasteiger partial charge on any atom is 0.337 e. The Bertz CT molecular complexity index is 473. The van der Waals surface area contributed by atoms with Gasteiger partial charge >= 0.3 is 5.97 Å². The number of carboxylic acids is 1. The molecule has 1 aromatic rings. The largest absolute Gasteiger partial charge is 0.478 e. The van der Waals surface area contributed by atoms with Crippen LogP contribution in [0.2, 0.25) is 0 Å². The summed E-state index contributed by atoms with van der Waals surface area (Å²) in [6, 6.07) is 5.22. The highest BCUT2D eigenvalue weighted by Gasteiger charge is 2.14. The lowest BCUT2D eigenvalue weighted by Gasteiger charge is -2.29. The average Bonchev–Trinajstić information content (AvgIpc) is 2.41. The number of rotatable bonds is 5. The van der Waals surface area contributed by atoms with E-state index in [-0.39, 0.29) is 17.3 Å². The zero-order valence-corrected chi connectivity index (χ0v) is 11.6. The molecule has 0 amide bonds. The second kappa shape index (κ2) is 6.58. The van der Waals surface area contributed by atoms with Crippen LogP contribution in [0, 0.1) is 0 Å². The van der Waals surface area contributed by atoms with E-state index < -0.39 is 5.97 Å². The number of morpholine rings is 1. The molecule has 110 valence electrons. The van der Waals surface area contributed by atoms with E-state index in [9.17, 15) is 4.79 Å². The summed E-state index contributed by atoms with van der Waals surface area (Å²) in [6.45, 7) is 6.40. The van der Waals surface area contributed by atoms with Crippen molar-refractivity contribution in [1.29, 1.82) is 0 Å². The van der Waals surface area contributed by atoms with Gasteiger partial charge in [-0.15, -0.1) is 0 Å². The van der Waals surface area contributed by atoms with Gasteiger partial charge in [0.05, 0.1) is 18.8 Å². The number of carbonyl (C=O) groups is 1. The lowest BCUT2D eigenvalue weighted by atomic mass is 10.1. The van der Waals surface area contributed by atoms with Gasteiger partial charge in [-0.1, -0.05) is 0 Å². The van der Waals surface area contributed by atoms with Gasteiger partial charge in [0.25, 0.3) is 0 Å². The highest BCUT2D eigenvalue weighted by atomic mass is 16.5. The van der Waals surface area contributed by atoms with Crippen molar-refractivity contribution in [2.24, 2.45) is 0 Å². The maximum atomic E-state index is 11.0. The topological polar surface area (TPSA) is 87.8 Å².